The Balaban J connectivity index is 2.64. The molecule has 0 bridgehead atoms. The monoisotopic (exact) mass is 227 g/mol. The maximum absolute atomic E-state index is 11.8. The Morgan fingerprint density at radius 3 is 2.88 bits per heavy atom. The van der Waals surface area contributed by atoms with E-state index in [1.165, 1.54) is 0 Å². The van der Waals surface area contributed by atoms with E-state index in [1.807, 2.05) is 19.9 Å². The maximum atomic E-state index is 11.8. The second-order valence-electron chi connectivity index (χ2n) is 4.49. The van der Waals surface area contributed by atoms with Crippen molar-refractivity contribution >= 4 is 6.09 Å². The summed E-state index contributed by atoms with van der Waals surface area (Å²) in [6, 6.07) is 0.0541. The summed E-state index contributed by atoms with van der Waals surface area (Å²) < 4.78 is 5.18. The van der Waals surface area contributed by atoms with Crippen LogP contribution in [0.4, 0.5) is 4.79 Å². The molecule has 0 aromatic carbocycles. The van der Waals surface area contributed by atoms with E-state index in [4.69, 9.17) is 9.84 Å². The van der Waals surface area contributed by atoms with Gasteiger partial charge in [0.15, 0.2) is 0 Å². The number of carbonyl (C=O) groups is 1. The number of aliphatic hydroxyl groups is 1. The first-order chi connectivity index (χ1) is 7.56. The molecule has 1 aliphatic rings. The summed E-state index contributed by atoms with van der Waals surface area (Å²) in [6.45, 7) is 6.53. The highest BCUT2D eigenvalue weighted by atomic mass is 16.6. The fraction of sp³-hybridized carbons (Fsp3) is 0.750. The summed E-state index contributed by atoms with van der Waals surface area (Å²) >= 11 is 0. The second-order valence-corrected chi connectivity index (χ2v) is 4.49. The molecule has 16 heavy (non-hydrogen) atoms. The first kappa shape index (κ1) is 13.0. The van der Waals surface area contributed by atoms with Gasteiger partial charge in [-0.2, -0.15) is 0 Å². The molecule has 4 nitrogen and oxygen atoms in total. The molecule has 92 valence electrons. The number of amides is 1. The zero-order valence-electron chi connectivity index (χ0n) is 10.2. The van der Waals surface area contributed by atoms with Crippen LogP contribution >= 0.6 is 0 Å². The van der Waals surface area contributed by atoms with Crippen LogP contribution in [-0.2, 0) is 4.74 Å². The van der Waals surface area contributed by atoms with E-state index in [-0.39, 0.29) is 24.8 Å². The Hall–Kier alpha value is -1.03. The van der Waals surface area contributed by atoms with Crippen LogP contribution in [0.25, 0.3) is 0 Å². The van der Waals surface area contributed by atoms with Crippen molar-refractivity contribution in [2.45, 2.75) is 39.3 Å². The third-order valence-electron chi connectivity index (χ3n) is 2.78. The SMILES string of the molecule is CC(C)OC(=O)N1CC[C@H](C)[C@H]1/C=C/CO. The molecule has 0 spiro atoms. The van der Waals surface area contributed by atoms with E-state index < -0.39 is 0 Å². The lowest BCUT2D eigenvalue weighted by Gasteiger charge is -2.24. The van der Waals surface area contributed by atoms with Gasteiger partial charge in [-0.25, -0.2) is 4.79 Å². The molecule has 0 aromatic rings. The van der Waals surface area contributed by atoms with Crippen LogP contribution in [-0.4, -0.2) is 41.4 Å². The molecule has 1 fully saturated rings. The zero-order valence-corrected chi connectivity index (χ0v) is 10.2. The van der Waals surface area contributed by atoms with Gasteiger partial charge < -0.3 is 14.7 Å². The summed E-state index contributed by atoms with van der Waals surface area (Å²) in [7, 11) is 0. The summed E-state index contributed by atoms with van der Waals surface area (Å²) in [5.41, 5.74) is 0. The average Bonchev–Trinajstić information content (AvgIpc) is 2.56. The van der Waals surface area contributed by atoms with Crippen LogP contribution in [0.5, 0.6) is 0 Å². The van der Waals surface area contributed by atoms with Gasteiger partial charge in [-0.05, 0) is 26.2 Å². The van der Waals surface area contributed by atoms with Crippen molar-refractivity contribution in [2.75, 3.05) is 13.2 Å². The Morgan fingerprint density at radius 2 is 2.31 bits per heavy atom. The van der Waals surface area contributed by atoms with E-state index in [1.54, 1.807) is 11.0 Å². The topological polar surface area (TPSA) is 49.8 Å². The van der Waals surface area contributed by atoms with Gasteiger partial charge >= 0.3 is 6.09 Å². The van der Waals surface area contributed by atoms with Gasteiger partial charge in [0.25, 0.3) is 0 Å². The summed E-state index contributed by atoms with van der Waals surface area (Å²) in [5, 5.41) is 8.76. The molecule has 0 aliphatic carbocycles. The molecule has 1 heterocycles. The lowest BCUT2D eigenvalue weighted by Crippen LogP contribution is -2.37. The summed E-state index contributed by atoms with van der Waals surface area (Å²) in [4.78, 5) is 13.5. The number of nitrogens with zero attached hydrogens (tertiary/aromatic N) is 1. The van der Waals surface area contributed by atoms with E-state index in [0.29, 0.717) is 5.92 Å². The van der Waals surface area contributed by atoms with Crippen molar-refractivity contribution in [1.82, 2.24) is 4.90 Å². The maximum Gasteiger partial charge on any atom is 0.410 e. The standard InChI is InChI=1S/C12H21NO3/c1-9(2)16-12(15)13-7-6-10(3)11(13)5-4-8-14/h4-5,9-11,14H,6-8H2,1-3H3/b5-4+/t10-,11+/m0/s1. The number of likely N-dealkylation sites (tertiary alicyclic amines) is 1. The Bertz CT molecular complexity index is 263. The molecular weight excluding hydrogens is 206 g/mol. The van der Waals surface area contributed by atoms with Crippen molar-refractivity contribution in [3.05, 3.63) is 12.2 Å². The van der Waals surface area contributed by atoms with Gasteiger partial charge in [-0.1, -0.05) is 19.1 Å². The third-order valence-corrected chi connectivity index (χ3v) is 2.78. The van der Waals surface area contributed by atoms with Crippen molar-refractivity contribution in [2.24, 2.45) is 5.92 Å². The van der Waals surface area contributed by atoms with Crippen molar-refractivity contribution < 1.29 is 14.6 Å². The fourth-order valence-electron chi connectivity index (χ4n) is 1.95. The number of hydrogen-bond acceptors (Lipinski definition) is 3. The molecule has 1 N–H and O–H groups in total. The Labute approximate surface area is 96.9 Å². The summed E-state index contributed by atoms with van der Waals surface area (Å²) in [6.07, 6.45) is 4.20. The normalized spacial score (nSPS) is 25.7. The highest BCUT2D eigenvalue weighted by Gasteiger charge is 2.33. The van der Waals surface area contributed by atoms with Crippen molar-refractivity contribution in [3.8, 4) is 0 Å². The highest BCUT2D eigenvalue weighted by molar-refractivity contribution is 5.69. The van der Waals surface area contributed by atoms with E-state index >= 15 is 0 Å². The van der Waals surface area contributed by atoms with Gasteiger partial charge in [-0.3, -0.25) is 0 Å². The van der Waals surface area contributed by atoms with E-state index in [2.05, 4.69) is 6.92 Å². The minimum atomic E-state index is -0.257. The zero-order chi connectivity index (χ0) is 12.1. The molecule has 4 heteroatoms. The largest absolute Gasteiger partial charge is 0.447 e. The molecule has 0 saturated carbocycles. The lowest BCUT2D eigenvalue weighted by molar-refractivity contribution is 0.0760. The van der Waals surface area contributed by atoms with Crippen LogP contribution in [0.3, 0.4) is 0 Å². The number of ether oxygens (including phenoxy) is 1. The van der Waals surface area contributed by atoms with Gasteiger partial charge in [0.05, 0.1) is 18.8 Å². The second kappa shape index (κ2) is 5.89. The van der Waals surface area contributed by atoms with Crippen LogP contribution in [0.1, 0.15) is 27.2 Å². The number of rotatable bonds is 3. The minimum absolute atomic E-state index is 0.0102. The molecule has 0 unspecified atom stereocenters. The van der Waals surface area contributed by atoms with E-state index in [9.17, 15) is 4.79 Å². The predicted octanol–water partition coefficient (Wildman–Crippen LogP) is 1.79. The number of carbonyl (C=O) groups excluding carboxylic acids is 1. The van der Waals surface area contributed by atoms with Gasteiger partial charge in [0.2, 0.25) is 0 Å². The quantitative estimate of drug-likeness (QED) is 0.748. The molecule has 0 aromatic heterocycles. The van der Waals surface area contributed by atoms with Gasteiger partial charge in [0.1, 0.15) is 0 Å². The molecular formula is C12H21NO3. The highest BCUT2D eigenvalue weighted by Crippen LogP contribution is 2.25. The van der Waals surface area contributed by atoms with Crippen LogP contribution in [0.2, 0.25) is 0 Å². The first-order valence-corrected chi connectivity index (χ1v) is 5.81. The van der Waals surface area contributed by atoms with Gasteiger partial charge in [0, 0.05) is 6.54 Å². The van der Waals surface area contributed by atoms with Crippen LogP contribution in [0.15, 0.2) is 12.2 Å². The fourth-order valence-corrected chi connectivity index (χ4v) is 1.95. The van der Waals surface area contributed by atoms with E-state index in [0.717, 1.165) is 13.0 Å². The molecule has 0 radical (unpaired) electrons. The predicted molar refractivity (Wildman–Crippen MR) is 62.1 cm³/mol. The lowest BCUT2D eigenvalue weighted by atomic mass is 10.0. The molecule has 1 amide bonds. The van der Waals surface area contributed by atoms with Gasteiger partial charge in [-0.15, -0.1) is 0 Å². The number of aliphatic hydroxyl groups excluding tert-OH is 1. The van der Waals surface area contributed by atoms with Crippen molar-refractivity contribution in [1.29, 1.82) is 0 Å². The Morgan fingerprint density at radius 1 is 1.62 bits per heavy atom. The molecule has 1 saturated heterocycles. The van der Waals surface area contributed by atoms with Crippen LogP contribution in [0, 0.1) is 5.92 Å². The van der Waals surface area contributed by atoms with Crippen molar-refractivity contribution in [3.63, 3.8) is 0 Å². The number of hydrogen-bond donors (Lipinski definition) is 1. The molecule has 1 aliphatic heterocycles. The summed E-state index contributed by atoms with van der Waals surface area (Å²) in [5.74, 6) is 0.419. The first-order valence-electron chi connectivity index (χ1n) is 5.81. The third kappa shape index (κ3) is 3.23. The minimum Gasteiger partial charge on any atom is -0.447 e. The average molecular weight is 227 g/mol. The smallest absolute Gasteiger partial charge is 0.410 e. The van der Waals surface area contributed by atoms with Crippen LogP contribution < -0.4 is 0 Å². The molecule has 1 rings (SSSR count). The molecule has 2 atom stereocenters. The Kier molecular flexibility index (Phi) is 4.80.